The number of nitrogens with zero attached hydrogens (tertiary/aromatic N) is 2. The first-order valence-corrected chi connectivity index (χ1v) is 14.5. The number of morpholine rings is 1. The van der Waals surface area contributed by atoms with Crippen LogP contribution in [0, 0.1) is 5.92 Å². The first-order valence-electron chi connectivity index (χ1n) is 13.5. The molecule has 2 aromatic carbocycles. The van der Waals surface area contributed by atoms with Gasteiger partial charge in [0.15, 0.2) is 0 Å². The Bertz CT molecular complexity index is 1220. The number of aliphatic imine (C=N–C) groups is 1. The third kappa shape index (κ3) is 5.82. The maximum Gasteiger partial charge on any atom is 0.130 e. The fraction of sp³-hybridized carbons (Fsp3) is 0.483. The summed E-state index contributed by atoms with van der Waals surface area (Å²) in [7, 11) is 0. The van der Waals surface area contributed by atoms with Crippen molar-refractivity contribution in [3.8, 4) is 11.5 Å². The van der Waals surface area contributed by atoms with Crippen LogP contribution >= 0.6 is 11.8 Å². The summed E-state index contributed by atoms with van der Waals surface area (Å²) in [5.74, 6) is 3.30. The Labute approximate surface area is 223 Å². The van der Waals surface area contributed by atoms with E-state index in [-0.39, 0.29) is 0 Å². The molecule has 6 rings (SSSR count). The zero-order valence-corrected chi connectivity index (χ0v) is 22.3. The predicted octanol–water partition coefficient (Wildman–Crippen LogP) is 5.38. The van der Waals surface area contributed by atoms with Crippen LogP contribution < -0.4 is 10.1 Å². The number of anilines is 1. The van der Waals surface area contributed by atoms with Crippen LogP contribution in [-0.4, -0.2) is 78.8 Å². The van der Waals surface area contributed by atoms with Crippen molar-refractivity contribution in [3.63, 3.8) is 0 Å². The molecule has 2 fully saturated rings. The molecule has 0 saturated carbocycles. The third-order valence-electron chi connectivity index (χ3n) is 7.69. The highest BCUT2D eigenvalue weighted by molar-refractivity contribution is 8.14. The molecular weight excluding hydrogens is 484 g/mol. The average molecular weight is 521 g/mol. The molecule has 8 heteroatoms. The Morgan fingerprint density at radius 3 is 2.65 bits per heavy atom. The largest absolute Gasteiger partial charge is 0.457 e. The number of aromatic nitrogens is 1. The topological polar surface area (TPSA) is 71.1 Å². The van der Waals surface area contributed by atoms with E-state index in [1.807, 2.05) is 42.1 Å². The number of fused-ring (bicyclic) bond motifs is 1. The molecular formula is C29H36N4O3S. The van der Waals surface area contributed by atoms with Crippen LogP contribution in [-0.2, 0) is 9.47 Å². The maximum absolute atomic E-state index is 6.24. The van der Waals surface area contributed by atoms with Gasteiger partial charge in [-0.3, -0.25) is 9.89 Å². The molecule has 7 nitrogen and oxygen atoms in total. The summed E-state index contributed by atoms with van der Waals surface area (Å²) in [6, 6.07) is 17.1. The minimum absolute atomic E-state index is 0.299. The van der Waals surface area contributed by atoms with E-state index in [9.17, 15) is 0 Å². The van der Waals surface area contributed by atoms with Crippen LogP contribution in [0.5, 0.6) is 11.5 Å². The van der Waals surface area contributed by atoms with Gasteiger partial charge >= 0.3 is 0 Å². The first-order chi connectivity index (χ1) is 18.2. The highest BCUT2D eigenvalue weighted by Gasteiger charge is 2.30. The van der Waals surface area contributed by atoms with Crippen molar-refractivity contribution >= 4 is 33.4 Å². The van der Waals surface area contributed by atoms with E-state index in [1.165, 1.54) is 0 Å². The highest BCUT2D eigenvalue weighted by Crippen LogP contribution is 2.35. The van der Waals surface area contributed by atoms with Crippen molar-refractivity contribution in [2.45, 2.75) is 31.8 Å². The fourth-order valence-corrected chi connectivity index (χ4v) is 6.53. The van der Waals surface area contributed by atoms with E-state index in [1.54, 1.807) is 0 Å². The van der Waals surface area contributed by atoms with Gasteiger partial charge < -0.3 is 24.5 Å². The van der Waals surface area contributed by atoms with Crippen molar-refractivity contribution in [2.75, 3.05) is 57.1 Å². The molecule has 2 atom stereocenters. The number of nitrogens with one attached hydrogen (secondary N) is 2. The molecule has 0 aliphatic carbocycles. The molecule has 2 N–H and O–H groups in total. The van der Waals surface area contributed by atoms with E-state index in [4.69, 9.17) is 19.2 Å². The van der Waals surface area contributed by atoms with E-state index < -0.39 is 0 Å². The Morgan fingerprint density at radius 2 is 1.84 bits per heavy atom. The zero-order valence-electron chi connectivity index (χ0n) is 21.4. The number of H-pyrrole nitrogens is 1. The Kier molecular flexibility index (Phi) is 7.69. The summed E-state index contributed by atoms with van der Waals surface area (Å²) in [6.45, 7) is 8.56. The molecule has 196 valence electrons. The van der Waals surface area contributed by atoms with Crippen LogP contribution in [0.25, 0.3) is 10.9 Å². The molecule has 0 amide bonds. The number of aromatic amines is 1. The van der Waals surface area contributed by atoms with E-state index in [0.717, 1.165) is 103 Å². The fourth-order valence-electron chi connectivity index (χ4n) is 5.37. The van der Waals surface area contributed by atoms with Crippen LogP contribution in [0.2, 0.25) is 0 Å². The minimum Gasteiger partial charge on any atom is -0.457 e. The van der Waals surface area contributed by atoms with Crippen LogP contribution in [0.1, 0.15) is 25.5 Å². The number of para-hydroxylation sites is 1. The Morgan fingerprint density at radius 1 is 1.05 bits per heavy atom. The van der Waals surface area contributed by atoms with Crippen molar-refractivity contribution in [3.05, 3.63) is 54.2 Å². The lowest BCUT2D eigenvalue weighted by atomic mass is 10.0. The van der Waals surface area contributed by atoms with Crippen molar-refractivity contribution in [1.82, 2.24) is 9.88 Å². The van der Waals surface area contributed by atoms with Gasteiger partial charge in [-0.05, 0) is 49.9 Å². The van der Waals surface area contributed by atoms with Gasteiger partial charge in [-0.2, -0.15) is 0 Å². The van der Waals surface area contributed by atoms with Crippen LogP contribution in [0.4, 0.5) is 5.69 Å². The average Bonchev–Trinajstić information content (AvgIpc) is 3.61. The second-order valence-corrected chi connectivity index (χ2v) is 11.2. The van der Waals surface area contributed by atoms with E-state index in [0.29, 0.717) is 18.0 Å². The van der Waals surface area contributed by atoms with Gasteiger partial charge in [0, 0.05) is 56.1 Å². The normalized spacial score (nSPS) is 22.2. The lowest BCUT2D eigenvalue weighted by Gasteiger charge is -2.34. The number of ether oxygens (including phenoxy) is 3. The Balaban J connectivity index is 1.26. The number of benzene rings is 2. The standard InChI is InChI=1S/C29H36N4O3S/c1-20(33-9-13-35-14-10-33)27-19-37-29(32-27)26-16-22-15-24(36-23-5-3-2-4-6-23)17-25(28(22)31-26)30-18-21-7-11-34-12-8-21/h2-6,15-17,20-21,27,30-31H,7-14,18-19H2,1H3. The predicted molar refractivity (Wildman–Crippen MR) is 151 cm³/mol. The minimum atomic E-state index is 0.299. The van der Waals surface area contributed by atoms with Gasteiger partial charge in [-0.15, -0.1) is 11.8 Å². The van der Waals surface area contributed by atoms with Crippen LogP contribution in [0.15, 0.2) is 53.5 Å². The summed E-state index contributed by atoms with van der Waals surface area (Å²) >= 11 is 1.86. The lowest BCUT2D eigenvalue weighted by Crippen LogP contribution is -2.47. The van der Waals surface area contributed by atoms with Gasteiger partial charge in [0.1, 0.15) is 16.5 Å². The number of hydrogen-bond acceptors (Lipinski definition) is 7. The van der Waals surface area contributed by atoms with Gasteiger partial charge in [0.25, 0.3) is 0 Å². The summed E-state index contributed by atoms with van der Waals surface area (Å²) in [6.07, 6.45) is 2.20. The molecule has 0 bridgehead atoms. The maximum atomic E-state index is 6.24. The first kappa shape index (κ1) is 24.8. The molecule has 2 saturated heterocycles. The molecule has 3 aliphatic rings. The molecule has 2 unspecified atom stereocenters. The molecule has 1 aromatic heterocycles. The highest BCUT2D eigenvalue weighted by atomic mass is 32.2. The number of hydrogen-bond donors (Lipinski definition) is 2. The summed E-state index contributed by atoms with van der Waals surface area (Å²) < 4.78 is 17.3. The van der Waals surface area contributed by atoms with Gasteiger partial charge in [0.05, 0.1) is 36.2 Å². The second-order valence-electron chi connectivity index (χ2n) is 10.2. The summed E-state index contributed by atoms with van der Waals surface area (Å²) in [5, 5.41) is 5.96. The van der Waals surface area contributed by atoms with Gasteiger partial charge in [-0.1, -0.05) is 18.2 Å². The SMILES string of the molecule is CC(C1CSC(c2cc3cc(Oc4ccccc4)cc(NCC4CCOCC4)c3[nH]2)=N1)N1CCOCC1. The quantitative estimate of drug-likeness (QED) is 0.416. The summed E-state index contributed by atoms with van der Waals surface area (Å²) in [4.78, 5) is 11.4. The van der Waals surface area contributed by atoms with E-state index >= 15 is 0 Å². The molecule has 0 radical (unpaired) electrons. The monoisotopic (exact) mass is 520 g/mol. The van der Waals surface area contributed by atoms with Crippen molar-refractivity contribution in [2.24, 2.45) is 10.9 Å². The van der Waals surface area contributed by atoms with Crippen molar-refractivity contribution in [1.29, 1.82) is 0 Å². The molecule has 4 heterocycles. The zero-order chi connectivity index (χ0) is 25.0. The molecule has 0 spiro atoms. The molecule has 37 heavy (non-hydrogen) atoms. The molecule has 3 aliphatic heterocycles. The second kappa shape index (κ2) is 11.5. The van der Waals surface area contributed by atoms with Crippen molar-refractivity contribution < 1.29 is 14.2 Å². The number of rotatable bonds is 8. The smallest absolute Gasteiger partial charge is 0.130 e. The number of thioether (sulfide) groups is 1. The van der Waals surface area contributed by atoms with Crippen LogP contribution in [0.3, 0.4) is 0 Å². The van der Waals surface area contributed by atoms with E-state index in [2.05, 4.69) is 40.3 Å². The molecule has 3 aromatic rings. The van der Waals surface area contributed by atoms with Gasteiger partial charge in [0.2, 0.25) is 0 Å². The third-order valence-corrected chi connectivity index (χ3v) is 8.79. The Hall–Kier alpha value is -2.52. The van der Waals surface area contributed by atoms with Gasteiger partial charge in [-0.25, -0.2) is 0 Å². The lowest BCUT2D eigenvalue weighted by molar-refractivity contribution is 0.0169. The summed E-state index contributed by atoms with van der Waals surface area (Å²) in [5.41, 5.74) is 3.26.